The topological polar surface area (TPSA) is 94.9 Å². The molecule has 0 spiro atoms. The zero-order valence-electron chi connectivity index (χ0n) is 10.7. The quantitative estimate of drug-likeness (QED) is 0.764. The Balaban J connectivity index is 2.03. The van der Waals surface area contributed by atoms with Gasteiger partial charge in [-0.25, -0.2) is 9.48 Å². The van der Waals surface area contributed by atoms with E-state index in [1.807, 2.05) is 0 Å². The monoisotopic (exact) mass is 291 g/mol. The van der Waals surface area contributed by atoms with Crippen molar-refractivity contribution in [1.29, 1.82) is 0 Å². The van der Waals surface area contributed by atoms with E-state index in [9.17, 15) is 9.59 Å². The number of carbonyl (C=O) groups is 1. The lowest BCUT2D eigenvalue weighted by Gasteiger charge is -2.05. The highest BCUT2D eigenvalue weighted by Gasteiger charge is 2.08. The number of carbonyl (C=O) groups excluding carboxylic acids is 1. The number of nitrogens with one attached hydrogen (secondary N) is 1. The van der Waals surface area contributed by atoms with Crippen LogP contribution in [0.15, 0.2) is 35.4 Å². The molecule has 1 heterocycles. The number of aromatic nitrogens is 3. The van der Waals surface area contributed by atoms with Gasteiger partial charge in [0.1, 0.15) is 17.9 Å². The minimum Gasteiger partial charge on any atom is -0.389 e. The van der Waals surface area contributed by atoms with Crippen molar-refractivity contribution in [2.75, 3.05) is 5.32 Å². The van der Waals surface area contributed by atoms with Crippen molar-refractivity contribution in [2.24, 2.45) is 12.8 Å². The third-order valence-electron chi connectivity index (χ3n) is 2.63. The first-order valence-electron chi connectivity index (χ1n) is 5.75. The highest BCUT2D eigenvalue weighted by Crippen LogP contribution is 2.09. The molecule has 3 N–H and O–H groups in total. The lowest BCUT2D eigenvalue weighted by atomic mass is 10.2. The minimum absolute atomic E-state index is 0.142. The average molecular weight is 291 g/mol. The molecule has 1 aromatic heterocycles. The molecule has 0 bridgehead atoms. The molecule has 7 nitrogen and oxygen atoms in total. The van der Waals surface area contributed by atoms with Crippen LogP contribution in [0.5, 0.6) is 0 Å². The van der Waals surface area contributed by atoms with Crippen LogP contribution in [0.2, 0.25) is 0 Å². The molecule has 1 aromatic carbocycles. The van der Waals surface area contributed by atoms with E-state index in [0.717, 1.165) is 10.2 Å². The summed E-state index contributed by atoms with van der Waals surface area (Å²) in [6, 6.07) is 6.80. The van der Waals surface area contributed by atoms with Gasteiger partial charge in [0.25, 0.3) is 0 Å². The van der Waals surface area contributed by atoms with Crippen LogP contribution in [0.4, 0.5) is 5.69 Å². The molecule has 0 saturated heterocycles. The Kier molecular flexibility index (Phi) is 3.94. The Hall–Kier alpha value is -2.48. The fourth-order valence-electron chi connectivity index (χ4n) is 1.58. The average Bonchev–Trinajstić information content (AvgIpc) is 2.71. The Morgan fingerprint density at radius 2 is 2.05 bits per heavy atom. The molecule has 20 heavy (non-hydrogen) atoms. The van der Waals surface area contributed by atoms with Gasteiger partial charge in [-0.15, -0.1) is 0 Å². The van der Waals surface area contributed by atoms with Crippen molar-refractivity contribution in [3.8, 4) is 0 Å². The summed E-state index contributed by atoms with van der Waals surface area (Å²) >= 11 is 4.84. The van der Waals surface area contributed by atoms with Crippen LogP contribution in [0, 0.1) is 0 Å². The van der Waals surface area contributed by atoms with E-state index < -0.39 is 0 Å². The van der Waals surface area contributed by atoms with Gasteiger partial charge in [-0.2, -0.15) is 5.10 Å². The van der Waals surface area contributed by atoms with Gasteiger partial charge in [0.05, 0.1) is 0 Å². The Labute approximate surface area is 120 Å². The van der Waals surface area contributed by atoms with Crippen LogP contribution in [0.1, 0.15) is 5.56 Å². The Bertz CT molecular complexity index is 701. The first-order chi connectivity index (χ1) is 9.47. The second kappa shape index (κ2) is 5.66. The SMILES string of the molecule is Cn1cnn(CC(=O)Nc2ccc(C(N)=S)cc2)c1=O. The summed E-state index contributed by atoms with van der Waals surface area (Å²) in [4.78, 5) is 23.6. The number of thiocarbonyl (C=S) groups is 1. The first-order valence-corrected chi connectivity index (χ1v) is 6.16. The molecular formula is C12H13N5O2S. The third-order valence-corrected chi connectivity index (χ3v) is 2.87. The number of nitrogens with two attached hydrogens (primary N) is 1. The van der Waals surface area contributed by atoms with Crippen LogP contribution in [-0.4, -0.2) is 25.2 Å². The van der Waals surface area contributed by atoms with Crippen molar-refractivity contribution >= 4 is 28.8 Å². The number of aryl methyl sites for hydroxylation is 1. The van der Waals surface area contributed by atoms with Crippen molar-refractivity contribution in [1.82, 2.24) is 14.3 Å². The maximum Gasteiger partial charge on any atom is 0.345 e. The smallest absolute Gasteiger partial charge is 0.345 e. The van der Waals surface area contributed by atoms with E-state index in [4.69, 9.17) is 18.0 Å². The number of anilines is 1. The van der Waals surface area contributed by atoms with Crippen LogP contribution >= 0.6 is 12.2 Å². The van der Waals surface area contributed by atoms with E-state index >= 15 is 0 Å². The van der Waals surface area contributed by atoms with Gasteiger partial charge in [0, 0.05) is 18.3 Å². The molecule has 0 atom stereocenters. The molecule has 0 radical (unpaired) electrons. The Morgan fingerprint density at radius 1 is 1.40 bits per heavy atom. The zero-order valence-corrected chi connectivity index (χ0v) is 11.6. The Morgan fingerprint density at radius 3 is 2.55 bits per heavy atom. The number of hydrogen-bond acceptors (Lipinski definition) is 4. The number of benzene rings is 1. The van der Waals surface area contributed by atoms with Gasteiger partial charge in [-0.3, -0.25) is 9.36 Å². The highest BCUT2D eigenvalue weighted by molar-refractivity contribution is 7.80. The van der Waals surface area contributed by atoms with Crippen molar-refractivity contribution in [2.45, 2.75) is 6.54 Å². The molecule has 0 fully saturated rings. The fraction of sp³-hybridized carbons (Fsp3) is 0.167. The summed E-state index contributed by atoms with van der Waals surface area (Å²) in [5.74, 6) is -0.339. The molecule has 0 saturated carbocycles. The van der Waals surface area contributed by atoms with Gasteiger partial charge >= 0.3 is 5.69 Å². The number of rotatable bonds is 4. The van der Waals surface area contributed by atoms with E-state index in [-0.39, 0.29) is 18.1 Å². The first kappa shape index (κ1) is 13.9. The van der Waals surface area contributed by atoms with Gasteiger partial charge in [0.15, 0.2) is 0 Å². The zero-order chi connectivity index (χ0) is 14.7. The standard InChI is InChI=1S/C12H13N5O2S/c1-16-7-14-17(12(16)19)6-10(18)15-9-4-2-8(3-5-9)11(13)20/h2-5,7H,6H2,1H3,(H2,13,20)(H,15,18). The molecule has 2 rings (SSSR count). The second-order valence-corrected chi connectivity index (χ2v) is 4.61. The maximum atomic E-state index is 11.8. The molecule has 0 aliphatic rings. The van der Waals surface area contributed by atoms with Crippen LogP contribution in [0.3, 0.4) is 0 Å². The molecule has 8 heteroatoms. The van der Waals surface area contributed by atoms with Crippen molar-refractivity contribution in [3.63, 3.8) is 0 Å². The van der Waals surface area contributed by atoms with Gasteiger partial charge in [-0.1, -0.05) is 12.2 Å². The number of hydrogen-bond donors (Lipinski definition) is 2. The highest BCUT2D eigenvalue weighted by atomic mass is 32.1. The van der Waals surface area contributed by atoms with Gasteiger partial charge in [-0.05, 0) is 24.3 Å². The predicted octanol–water partition coefficient (Wildman–Crippen LogP) is -0.145. The number of nitrogens with zero attached hydrogens (tertiary/aromatic N) is 3. The van der Waals surface area contributed by atoms with E-state index in [0.29, 0.717) is 10.7 Å². The number of amides is 1. The summed E-state index contributed by atoms with van der Waals surface area (Å²) in [5.41, 5.74) is 6.46. The van der Waals surface area contributed by atoms with Crippen molar-refractivity contribution < 1.29 is 4.79 Å². The molecule has 1 amide bonds. The van der Waals surface area contributed by atoms with Crippen LogP contribution in [0.25, 0.3) is 0 Å². The molecule has 0 aliphatic carbocycles. The second-order valence-electron chi connectivity index (χ2n) is 4.17. The predicted molar refractivity (Wildman–Crippen MR) is 78.4 cm³/mol. The molecule has 0 aliphatic heterocycles. The van der Waals surface area contributed by atoms with Crippen molar-refractivity contribution in [3.05, 3.63) is 46.6 Å². The summed E-state index contributed by atoms with van der Waals surface area (Å²) in [6.07, 6.45) is 1.35. The summed E-state index contributed by atoms with van der Waals surface area (Å²) in [5, 5.41) is 6.47. The summed E-state index contributed by atoms with van der Waals surface area (Å²) in [6.45, 7) is -0.142. The largest absolute Gasteiger partial charge is 0.389 e. The molecule has 0 unspecified atom stereocenters. The lowest BCUT2D eigenvalue weighted by Crippen LogP contribution is -2.29. The maximum absolute atomic E-state index is 11.8. The van der Waals surface area contributed by atoms with E-state index in [2.05, 4.69) is 10.4 Å². The summed E-state index contributed by atoms with van der Waals surface area (Å²) < 4.78 is 2.38. The van der Waals surface area contributed by atoms with Crippen LogP contribution in [-0.2, 0) is 18.4 Å². The lowest BCUT2D eigenvalue weighted by molar-refractivity contribution is -0.117. The van der Waals surface area contributed by atoms with E-state index in [1.54, 1.807) is 31.3 Å². The molecule has 2 aromatic rings. The molecular weight excluding hydrogens is 278 g/mol. The normalized spacial score (nSPS) is 10.2. The third kappa shape index (κ3) is 3.09. The fourth-order valence-corrected chi connectivity index (χ4v) is 1.72. The molecule has 104 valence electrons. The summed E-state index contributed by atoms with van der Waals surface area (Å²) in [7, 11) is 1.57. The minimum atomic E-state index is -0.344. The van der Waals surface area contributed by atoms with Gasteiger partial charge in [0.2, 0.25) is 5.91 Å². The van der Waals surface area contributed by atoms with Crippen LogP contribution < -0.4 is 16.7 Å². The van der Waals surface area contributed by atoms with E-state index in [1.165, 1.54) is 10.9 Å². The van der Waals surface area contributed by atoms with Gasteiger partial charge < -0.3 is 11.1 Å².